The molecule has 0 aromatic rings. The SMILES string of the molecule is NC1CCC(NC2CCC(ONC3CC[CH-]CC3)CC2)CC1.[U]. The van der Waals surface area contributed by atoms with Crippen LogP contribution in [0.5, 0.6) is 0 Å². The number of hydrogen-bond donors (Lipinski definition) is 3. The van der Waals surface area contributed by atoms with Gasteiger partial charge in [-0.05, 0) is 51.4 Å². The summed E-state index contributed by atoms with van der Waals surface area (Å²) in [5.41, 5.74) is 9.33. The van der Waals surface area contributed by atoms with Gasteiger partial charge in [0.05, 0.1) is 6.10 Å². The molecule has 0 aromatic carbocycles. The van der Waals surface area contributed by atoms with E-state index in [0.29, 0.717) is 30.3 Å². The van der Waals surface area contributed by atoms with E-state index in [1.165, 1.54) is 77.0 Å². The van der Waals surface area contributed by atoms with Gasteiger partial charge in [0.1, 0.15) is 0 Å². The third kappa shape index (κ3) is 6.96. The van der Waals surface area contributed by atoms with Crippen LogP contribution in [0.3, 0.4) is 0 Å². The fourth-order valence-electron chi connectivity index (χ4n) is 4.20. The van der Waals surface area contributed by atoms with Gasteiger partial charge in [-0.15, -0.1) is 0 Å². The standard InChI is InChI=1S/C18H34N3O.U/c19-14-6-8-15(9-7-14)20-16-10-12-18(13-11-16)22-21-17-4-2-1-3-5-17;/h1,14-18,20-21H,2-13,19H2;/q-1;. The quantitative estimate of drug-likeness (QED) is 0.367. The zero-order chi connectivity index (χ0) is 15.2. The first-order valence-electron chi connectivity index (χ1n) is 9.54. The molecule has 4 nitrogen and oxygen atoms in total. The fraction of sp³-hybridized carbons (Fsp3) is 0.944. The van der Waals surface area contributed by atoms with Crippen LogP contribution < -0.4 is 16.5 Å². The molecule has 3 aliphatic rings. The first-order valence-corrected chi connectivity index (χ1v) is 9.54. The van der Waals surface area contributed by atoms with Crippen molar-refractivity contribution in [2.75, 3.05) is 0 Å². The Hall–Kier alpha value is 0.892. The Morgan fingerprint density at radius 3 is 1.91 bits per heavy atom. The minimum absolute atomic E-state index is 0. The van der Waals surface area contributed by atoms with Crippen molar-refractivity contribution < 1.29 is 36.0 Å². The fourth-order valence-corrected chi connectivity index (χ4v) is 4.20. The summed E-state index contributed by atoms with van der Waals surface area (Å²) in [6, 6.07) is 2.43. The van der Waals surface area contributed by atoms with Crippen molar-refractivity contribution in [2.45, 2.75) is 107 Å². The Balaban J connectivity index is 0.00000192. The van der Waals surface area contributed by atoms with Gasteiger partial charge >= 0.3 is 0 Å². The smallest absolute Gasteiger partial charge is 0.0791 e. The molecule has 5 heteroatoms. The van der Waals surface area contributed by atoms with Crippen molar-refractivity contribution in [3.05, 3.63) is 6.42 Å². The minimum Gasteiger partial charge on any atom is -0.328 e. The minimum atomic E-state index is 0. The van der Waals surface area contributed by atoms with Crippen molar-refractivity contribution in [1.29, 1.82) is 0 Å². The predicted octanol–water partition coefficient (Wildman–Crippen LogP) is 2.83. The van der Waals surface area contributed by atoms with Crippen molar-refractivity contribution in [3.63, 3.8) is 0 Å². The van der Waals surface area contributed by atoms with Gasteiger partial charge in [0.25, 0.3) is 0 Å². The molecule has 3 rings (SSSR count). The second-order valence-corrected chi connectivity index (χ2v) is 7.63. The molecule has 3 fully saturated rings. The molecule has 0 amide bonds. The molecule has 0 heterocycles. The molecule has 4 N–H and O–H groups in total. The number of nitrogens with two attached hydrogens (primary N) is 1. The van der Waals surface area contributed by atoms with Crippen LogP contribution in [-0.2, 0) is 4.84 Å². The Bertz CT molecular complexity index is 309. The Kier molecular flexibility index (Phi) is 9.48. The third-order valence-electron chi connectivity index (χ3n) is 5.76. The normalized spacial score (nSPS) is 36.4. The van der Waals surface area contributed by atoms with Crippen LogP contribution in [-0.4, -0.2) is 30.3 Å². The summed E-state index contributed by atoms with van der Waals surface area (Å²) in [6.07, 6.45) is 17.6. The van der Waals surface area contributed by atoms with Crippen LogP contribution in [0.2, 0.25) is 0 Å². The molecule has 3 saturated carbocycles. The van der Waals surface area contributed by atoms with Gasteiger partial charge in [-0.1, -0.05) is 12.8 Å². The summed E-state index contributed by atoms with van der Waals surface area (Å²) >= 11 is 0. The van der Waals surface area contributed by atoms with Gasteiger partial charge in [0, 0.05) is 55.3 Å². The van der Waals surface area contributed by atoms with Crippen molar-refractivity contribution in [1.82, 2.24) is 10.8 Å². The monoisotopic (exact) mass is 546 g/mol. The van der Waals surface area contributed by atoms with Gasteiger partial charge in [0.2, 0.25) is 0 Å². The van der Waals surface area contributed by atoms with Crippen LogP contribution in [0, 0.1) is 37.5 Å². The molecular formula is C18H34N3OU-. The number of hydrogen-bond acceptors (Lipinski definition) is 4. The molecule has 132 valence electrons. The molecule has 0 aromatic heterocycles. The molecule has 3 aliphatic carbocycles. The molecule has 23 heavy (non-hydrogen) atoms. The summed E-state index contributed by atoms with van der Waals surface area (Å²) in [5.74, 6) is 0. The van der Waals surface area contributed by atoms with E-state index < -0.39 is 0 Å². The van der Waals surface area contributed by atoms with Crippen molar-refractivity contribution in [3.8, 4) is 0 Å². The summed E-state index contributed by atoms with van der Waals surface area (Å²) in [4.78, 5) is 5.97. The van der Waals surface area contributed by atoms with E-state index in [2.05, 4.69) is 17.2 Å². The van der Waals surface area contributed by atoms with Gasteiger partial charge in [-0.25, -0.2) is 0 Å². The Morgan fingerprint density at radius 1 is 0.739 bits per heavy atom. The number of rotatable bonds is 5. The molecule has 0 atom stereocenters. The summed E-state index contributed by atoms with van der Waals surface area (Å²) < 4.78 is 0. The van der Waals surface area contributed by atoms with E-state index >= 15 is 0 Å². The van der Waals surface area contributed by atoms with E-state index in [4.69, 9.17) is 10.6 Å². The van der Waals surface area contributed by atoms with E-state index in [0.717, 1.165) is 0 Å². The van der Waals surface area contributed by atoms with Gasteiger partial charge < -0.3 is 17.5 Å². The third-order valence-corrected chi connectivity index (χ3v) is 5.76. The maximum atomic E-state index is 5.99. The van der Waals surface area contributed by atoms with E-state index in [-0.39, 0.29) is 31.1 Å². The maximum absolute atomic E-state index is 5.99. The Morgan fingerprint density at radius 2 is 1.30 bits per heavy atom. The molecule has 0 spiro atoms. The molecule has 0 radical (unpaired) electrons. The van der Waals surface area contributed by atoms with Gasteiger partial charge in [0.15, 0.2) is 0 Å². The van der Waals surface area contributed by atoms with Gasteiger partial charge in [-0.2, -0.15) is 18.3 Å². The molecule has 0 unspecified atom stereocenters. The molecular weight excluding hydrogens is 512 g/mol. The summed E-state index contributed by atoms with van der Waals surface area (Å²) in [5, 5.41) is 3.87. The largest absolute Gasteiger partial charge is 0.328 e. The predicted molar refractivity (Wildman–Crippen MR) is 90.2 cm³/mol. The average molecular weight is 547 g/mol. The van der Waals surface area contributed by atoms with Gasteiger partial charge in [-0.3, -0.25) is 4.84 Å². The number of nitrogens with one attached hydrogen (secondary N) is 2. The van der Waals surface area contributed by atoms with Crippen molar-refractivity contribution >= 4 is 0 Å². The van der Waals surface area contributed by atoms with Crippen LogP contribution in [0.1, 0.15) is 77.0 Å². The molecule has 0 saturated heterocycles. The average Bonchev–Trinajstić information content (AvgIpc) is 2.57. The van der Waals surface area contributed by atoms with Crippen molar-refractivity contribution in [2.24, 2.45) is 5.73 Å². The Labute approximate surface area is 165 Å². The zero-order valence-corrected chi connectivity index (χ0v) is 18.6. The zero-order valence-electron chi connectivity index (χ0n) is 14.4. The number of hydroxylamine groups is 1. The van der Waals surface area contributed by atoms with Crippen LogP contribution in [0.15, 0.2) is 0 Å². The van der Waals surface area contributed by atoms with Crippen LogP contribution >= 0.6 is 0 Å². The van der Waals surface area contributed by atoms with E-state index in [9.17, 15) is 0 Å². The molecule has 0 aliphatic heterocycles. The van der Waals surface area contributed by atoms with Crippen LogP contribution in [0.4, 0.5) is 0 Å². The van der Waals surface area contributed by atoms with E-state index in [1.54, 1.807) is 0 Å². The second kappa shape index (κ2) is 10.8. The van der Waals surface area contributed by atoms with Crippen LogP contribution in [0.25, 0.3) is 0 Å². The second-order valence-electron chi connectivity index (χ2n) is 7.63. The topological polar surface area (TPSA) is 59.3 Å². The first-order chi connectivity index (χ1) is 10.8. The van der Waals surface area contributed by atoms with E-state index in [1.807, 2.05) is 0 Å². The maximum Gasteiger partial charge on any atom is 0.0791 e. The molecule has 0 bridgehead atoms. The summed E-state index contributed by atoms with van der Waals surface area (Å²) in [6.45, 7) is 0. The summed E-state index contributed by atoms with van der Waals surface area (Å²) in [7, 11) is 0. The first kappa shape index (κ1) is 20.2.